The number of aliphatic hydroxyl groups excluding tert-OH is 1. The first-order valence-electron chi connectivity index (χ1n) is 6.57. The zero-order valence-electron chi connectivity index (χ0n) is 11.5. The Morgan fingerprint density at radius 2 is 1.84 bits per heavy atom. The first-order valence-corrected chi connectivity index (χ1v) is 6.57. The number of likely N-dealkylation sites (N-methyl/N-ethyl adjacent to an activating group) is 1. The van der Waals surface area contributed by atoms with E-state index in [0.717, 1.165) is 25.6 Å². The van der Waals surface area contributed by atoms with Gasteiger partial charge in [0.05, 0.1) is 6.61 Å². The van der Waals surface area contributed by atoms with Gasteiger partial charge in [-0.2, -0.15) is 0 Å². The number of hydrogen-bond acceptors (Lipinski definition) is 3. The summed E-state index contributed by atoms with van der Waals surface area (Å²) in [5.41, 5.74) is 0.611. The molecule has 5 heteroatoms. The molecular formula is C14H22F2N2O. The minimum atomic E-state index is -0.557. The number of nitrogens with one attached hydrogen (secondary N) is 1. The van der Waals surface area contributed by atoms with E-state index in [1.54, 1.807) is 7.05 Å². The Bertz CT molecular complexity index is 367. The fraction of sp³-hybridized carbons (Fsp3) is 0.571. The molecule has 0 aromatic heterocycles. The summed E-state index contributed by atoms with van der Waals surface area (Å²) in [5.74, 6) is -1.11. The van der Waals surface area contributed by atoms with E-state index in [1.165, 1.54) is 12.1 Å². The molecule has 3 nitrogen and oxygen atoms in total. The predicted molar refractivity (Wildman–Crippen MR) is 72.0 cm³/mol. The Kier molecular flexibility index (Phi) is 6.91. The maximum absolute atomic E-state index is 13.2. The molecule has 0 aliphatic heterocycles. The highest BCUT2D eigenvalue weighted by atomic mass is 19.1. The number of aliphatic hydroxyl groups is 1. The van der Waals surface area contributed by atoms with Crippen molar-refractivity contribution in [2.24, 2.45) is 0 Å². The van der Waals surface area contributed by atoms with Gasteiger partial charge in [0.15, 0.2) is 0 Å². The van der Waals surface area contributed by atoms with E-state index in [2.05, 4.69) is 10.2 Å². The highest BCUT2D eigenvalue weighted by molar-refractivity contribution is 5.21. The molecule has 0 amide bonds. The third-order valence-electron chi connectivity index (χ3n) is 3.23. The summed E-state index contributed by atoms with van der Waals surface area (Å²) in [6.45, 7) is 4.36. The van der Waals surface area contributed by atoms with Crippen LogP contribution < -0.4 is 5.32 Å². The van der Waals surface area contributed by atoms with Crippen molar-refractivity contribution in [1.82, 2.24) is 10.2 Å². The maximum atomic E-state index is 13.2. The minimum Gasteiger partial charge on any atom is -0.395 e. The van der Waals surface area contributed by atoms with E-state index in [4.69, 9.17) is 5.11 Å². The number of halogens is 2. The fourth-order valence-electron chi connectivity index (χ4n) is 2.14. The molecule has 1 rings (SSSR count). The van der Waals surface area contributed by atoms with Crippen LogP contribution in [0.5, 0.6) is 0 Å². The van der Waals surface area contributed by atoms with Crippen LogP contribution in [-0.2, 0) is 0 Å². The predicted octanol–water partition coefficient (Wildman–Crippen LogP) is 1.93. The monoisotopic (exact) mass is 272 g/mol. The van der Waals surface area contributed by atoms with Crippen molar-refractivity contribution in [1.29, 1.82) is 0 Å². The highest BCUT2D eigenvalue weighted by Crippen LogP contribution is 2.19. The summed E-state index contributed by atoms with van der Waals surface area (Å²) >= 11 is 0. The van der Waals surface area contributed by atoms with Gasteiger partial charge >= 0.3 is 0 Å². The van der Waals surface area contributed by atoms with E-state index in [9.17, 15) is 8.78 Å². The topological polar surface area (TPSA) is 35.5 Å². The largest absolute Gasteiger partial charge is 0.395 e. The van der Waals surface area contributed by atoms with E-state index in [1.807, 2.05) is 6.92 Å². The van der Waals surface area contributed by atoms with Gasteiger partial charge in [-0.1, -0.05) is 6.92 Å². The molecule has 0 saturated carbocycles. The molecule has 1 unspecified atom stereocenters. The van der Waals surface area contributed by atoms with Crippen molar-refractivity contribution < 1.29 is 13.9 Å². The van der Waals surface area contributed by atoms with Gasteiger partial charge in [-0.3, -0.25) is 0 Å². The molecule has 0 saturated heterocycles. The molecule has 108 valence electrons. The van der Waals surface area contributed by atoms with E-state index >= 15 is 0 Å². The van der Waals surface area contributed by atoms with Gasteiger partial charge in [-0.25, -0.2) is 8.78 Å². The molecule has 1 atom stereocenters. The molecule has 1 aromatic rings. The van der Waals surface area contributed by atoms with Gasteiger partial charge in [-0.05, 0) is 37.7 Å². The fourth-order valence-corrected chi connectivity index (χ4v) is 2.14. The first kappa shape index (κ1) is 16.0. The molecule has 0 aliphatic rings. The standard InChI is InChI=1S/C14H22F2N2O/c1-3-18(6-7-19)5-4-14(17-2)11-8-12(15)10-13(16)9-11/h8-10,14,17,19H,3-7H2,1-2H3. The molecular weight excluding hydrogens is 250 g/mol. The Hall–Kier alpha value is -1.04. The van der Waals surface area contributed by atoms with Crippen LogP contribution >= 0.6 is 0 Å². The second-order valence-electron chi connectivity index (χ2n) is 4.49. The third kappa shape index (κ3) is 5.22. The molecule has 0 bridgehead atoms. The zero-order chi connectivity index (χ0) is 14.3. The molecule has 0 spiro atoms. The third-order valence-corrected chi connectivity index (χ3v) is 3.23. The molecule has 0 radical (unpaired) electrons. The van der Waals surface area contributed by atoms with Crippen molar-refractivity contribution in [3.8, 4) is 0 Å². The minimum absolute atomic E-state index is 0.0991. The number of nitrogens with zero attached hydrogens (tertiary/aromatic N) is 1. The lowest BCUT2D eigenvalue weighted by Crippen LogP contribution is -2.30. The zero-order valence-corrected chi connectivity index (χ0v) is 11.5. The summed E-state index contributed by atoms with van der Waals surface area (Å²) in [5, 5.41) is 12.0. The Labute approximate surface area is 113 Å². The van der Waals surface area contributed by atoms with E-state index in [-0.39, 0.29) is 12.6 Å². The van der Waals surface area contributed by atoms with Crippen LogP contribution in [0.4, 0.5) is 8.78 Å². The summed E-state index contributed by atoms with van der Waals surface area (Å²) in [6, 6.07) is 3.48. The Balaban J connectivity index is 2.66. The summed E-state index contributed by atoms with van der Waals surface area (Å²) in [7, 11) is 1.77. The lowest BCUT2D eigenvalue weighted by atomic mass is 10.0. The van der Waals surface area contributed by atoms with Crippen molar-refractivity contribution >= 4 is 0 Å². The normalized spacial score (nSPS) is 12.9. The molecule has 0 fully saturated rings. The van der Waals surface area contributed by atoms with E-state index in [0.29, 0.717) is 12.1 Å². The summed E-state index contributed by atoms with van der Waals surface area (Å²) < 4.78 is 26.4. The van der Waals surface area contributed by atoms with Crippen LogP contribution in [0.2, 0.25) is 0 Å². The quantitative estimate of drug-likeness (QED) is 0.759. The number of hydrogen-bond donors (Lipinski definition) is 2. The van der Waals surface area contributed by atoms with Crippen LogP contribution in [0.15, 0.2) is 18.2 Å². The number of benzene rings is 1. The molecule has 2 N–H and O–H groups in total. The van der Waals surface area contributed by atoms with Crippen LogP contribution in [-0.4, -0.2) is 43.3 Å². The SMILES string of the molecule is CCN(CCO)CCC(NC)c1cc(F)cc(F)c1. The van der Waals surface area contributed by atoms with Crippen LogP contribution in [0.1, 0.15) is 24.9 Å². The molecule has 0 aliphatic carbocycles. The van der Waals surface area contributed by atoms with Gasteiger partial charge in [0, 0.05) is 25.2 Å². The van der Waals surface area contributed by atoms with Crippen molar-refractivity contribution in [2.45, 2.75) is 19.4 Å². The Morgan fingerprint density at radius 1 is 1.21 bits per heavy atom. The van der Waals surface area contributed by atoms with E-state index < -0.39 is 11.6 Å². The van der Waals surface area contributed by atoms with Gasteiger partial charge in [0.1, 0.15) is 11.6 Å². The second-order valence-corrected chi connectivity index (χ2v) is 4.49. The van der Waals surface area contributed by atoms with Crippen LogP contribution in [0, 0.1) is 11.6 Å². The average molecular weight is 272 g/mol. The van der Waals surface area contributed by atoms with Crippen molar-refractivity contribution in [3.05, 3.63) is 35.4 Å². The van der Waals surface area contributed by atoms with Gasteiger partial charge in [0.2, 0.25) is 0 Å². The van der Waals surface area contributed by atoms with Gasteiger partial charge < -0.3 is 15.3 Å². The summed E-state index contributed by atoms with van der Waals surface area (Å²) in [4.78, 5) is 2.10. The second kappa shape index (κ2) is 8.19. The highest BCUT2D eigenvalue weighted by Gasteiger charge is 2.13. The Morgan fingerprint density at radius 3 is 2.32 bits per heavy atom. The average Bonchev–Trinajstić information content (AvgIpc) is 2.37. The van der Waals surface area contributed by atoms with Crippen LogP contribution in [0.25, 0.3) is 0 Å². The lowest BCUT2D eigenvalue weighted by Gasteiger charge is -2.23. The van der Waals surface area contributed by atoms with Gasteiger partial charge in [-0.15, -0.1) is 0 Å². The number of rotatable bonds is 8. The molecule has 1 aromatic carbocycles. The molecule has 19 heavy (non-hydrogen) atoms. The van der Waals surface area contributed by atoms with Crippen LogP contribution in [0.3, 0.4) is 0 Å². The summed E-state index contributed by atoms with van der Waals surface area (Å²) in [6.07, 6.45) is 0.729. The first-order chi connectivity index (χ1) is 9.10. The van der Waals surface area contributed by atoms with Crippen molar-refractivity contribution in [2.75, 3.05) is 33.3 Å². The van der Waals surface area contributed by atoms with Gasteiger partial charge in [0.25, 0.3) is 0 Å². The molecule has 0 heterocycles. The van der Waals surface area contributed by atoms with Crippen molar-refractivity contribution in [3.63, 3.8) is 0 Å². The maximum Gasteiger partial charge on any atom is 0.126 e. The smallest absolute Gasteiger partial charge is 0.126 e. The lowest BCUT2D eigenvalue weighted by molar-refractivity contribution is 0.196.